The number of nitrogen functional groups attached to an aromatic ring is 1. The Kier molecular flexibility index (Phi) is 13.3. The summed E-state index contributed by atoms with van der Waals surface area (Å²) >= 11 is 0. The zero-order valence-electron chi connectivity index (χ0n) is 36.1. The molecule has 0 bridgehead atoms. The van der Waals surface area contributed by atoms with Crippen molar-refractivity contribution in [1.82, 2.24) is 53.9 Å². The molecule has 1 unspecified atom stereocenters. The maximum absolute atomic E-state index is 13.9. The quantitative estimate of drug-likeness (QED) is 0.0602. The summed E-state index contributed by atoms with van der Waals surface area (Å²) in [6.45, 7) is 13.6. The number of nitrogens with two attached hydrogens (primary N) is 3. The first-order chi connectivity index (χ1) is 30.5. The van der Waals surface area contributed by atoms with E-state index in [0.29, 0.717) is 95.0 Å². The molecular weight excluding hydrogens is 809 g/mol. The predicted octanol–water partition coefficient (Wildman–Crippen LogP) is 2.19. The number of pyridine rings is 1. The van der Waals surface area contributed by atoms with E-state index in [1.54, 1.807) is 45.0 Å². The first kappa shape index (κ1) is 44.1. The number of hydrogen-bond acceptors (Lipinski definition) is 14. The summed E-state index contributed by atoms with van der Waals surface area (Å²) in [5.41, 5.74) is 21.0. The summed E-state index contributed by atoms with van der Waals surface area (Å²) in [5, 5.41) is 18.1. The highest BCUT2D eigenvalue weighted by Crippen LogP contribution is 2.32. The van der Waals surface area contributed by atoms with E-state index >= 15 is 0 Å². The first-order valence-corrected chi connectivity index (χ1v) is 20.9. The van der Waals surface area contributed by atoms with E-state index in [9.17, 15) is 19.2 Å². The van der Waals surface area contributed by atoms with Crippen LogP contribution in [0.25, 0.3) is 22.2 Å². The van der Waals surface area contributed by atoms with Crippen molar-refractivity contribution in [2.45, 2.75) is 53.9 Å². The van der Waals surface area contributed by atoms with E-state index in [1.165, 1.54) is 17.9 Å². The van der Waals surface area contributed by atoms with Gasteiger partial charge in [-0.2, -0.15) is 10.2 Å². The second-order valence-corrected chi connectivity index (χ2v) is 15.3. The van der Waals surface area contributed by atoms with Gasteiger partial charge in [0.15, 0.2) is 11.9 Å². The molecule has 6 aromatic rings. The van der Waals surface area contributed by atoms with Crippen LogP contribution in [0.15, 0.2) is 42.6 Å². The second-order valence-electron chi connectivity index (χ2n) is 15.3. The molecule has 2 saturated heterocycles. The van der Waals surface area contributed by atoms with E-state index < -0.39 is 17.7 Å². The van der Waals surface area contributed by atoms with Gasteiger partial charge in [0.05, 0.1) is 22.6 Å². The van der Waals surface area contributed by atoms with Crippen LogP contribution in [0.4, 0.5) is 17.6 Å². The molecule has 0 saturated carbocycles. The van der Waals surface area contributed by atoms with Gasteiger partial charge in [0.2, 0.25) is 17.8 Å². The number of imidazole rings is 2. The summed E-state index contributed by atoms with van der Waals surface area (Å²) in [6, 6.07) is 6.48. The topological polar surface area (TPSA) is 279 Å². The minimum absolute atomic E-state index is 0.170. The Hall–Kier alpha value is -6.97. The van der Waals surface area contributed by atoms with Crippen LogP contribution in [0.2, 0.25) is 0 Å². The number of amides is 3. The van der Waals surface area contributed by atoms with Crippen molar-refractivity contribution >= 4 is 63.8 Å². The van der Waals surface area contributed by atoms with Crippen molar-refractivity contribution < 1.29 is 23.9 Å². The standard InChI is InChI=1S/C41H49N15O5.CH5N/c1-5-55-31(13-23(3)50-55)38(59)48-41-47-30-14-25(22-57)17-45-37(30)54(41)10-8-7-9-53-34-29(46-40(53)49-39(60)35-33(42)24(4)51-56(35)6-2)15-26(36(43)58)16-32(34)61-12-11-52-20-27-18-44-19-28(27)21-52;1-2/h7-8,13-17,22,27-28,44H,5-6,9-12,18-21,42H2,1-4H3,(H2,43,58)(H,46,49,60)(H,47,48,59);2H2,1H3/b8-7+;/t27-,28?;/m0./s1. The number of nitrogens with zero attached hydrogens (tertiary/aromatic N) is 10. The van der Waals surface area contributed by atoms with Crippen LogP contribution >= 0.6 is 0 Å². The molecule has 5 aromatic heterocycles. The number of aromatic nitrogens is 9. The fourth-order valence-electron chi connectivity index (χ4n) is 8.25. The van der Waals surface area contributed by atoms with Crippen LogP contribution in [-0.2, 0) is 26.2 Å². The zero-order valence-corrected chi connectivity index (χ0v) is 36.1. The van der Waals surface area contributed by atoms with Gasteiger partial charge >= 0.3 is 0 Å². The minimum atomic E-state index is -0.652. The Balaban J connectivity index is 0.00000293. The minimum Gasteiger partial charge on any atom is -0.490 e. The zero-order chi connectivity index (χ0) is 44.9. The fraction of sp³-hybridized carbons (Fsp3) is 0.405. The van der Waals surface area contributed by atoms with Crippen LogP contribution in [-0.4, -0.2) is 119 Å². The third-order valence-corrected chi connectivity index (χ3v) is 11.3. The summed E-state index contributed by atoms with van der Waals surface area (Å²) < 4.78 is 13.1. The van der Waals surface area contributed by atoms with Crippen LogP contribution in [0.5, 0.6) is 5.75 Å². The highest BCUT2D eigenvalue weighted by Gasteiger charge is 2.36. The number of anilines is 3. The number of carbonyl (C=O) groups is 4. The van der Waals surface area contributed by atoms with Gasteiger partial charge in [-0.05, 0) is 83.9 Å². The highest BCUT2D eigenvalue weighted by atomic mass is 16.5. The van der Waals surface area contributed by atoms with Gasteiger partial charge in [0, 0.05) is 63.1 Å². The van der Waals surface area contributed by atoms with Gasteiger partial charge in [0.1, 0.15) is 34.8 Å². The van der Waals surface area contributed by atoms with Crippen LogP contribution in [0, 0.1) is 25.7 Å². The molecule has 2 atom stereocenters. The number of carbonyl (C=O) groups excluding carboxylic acids is 4. The number of rotatable bonds is 16. The number of likely N-dealkylation sites (tertiary alicyclic amines) is 1. The molecule has 3 amide bonds. The Bertz CT molecular complexity index is 2700. The van der Waals surface area contributed by atoms with Crippen molar-refractivity contribution in [2.75, 3.05) is 62.7 Å². The van der Waals surface area contributed by atoms with E-state index in [-0.39, 0.29) is 41.9 Å². The van der Waals surface area contributed by atoms with Gasteiger partial charge in [-0.3, -0.25) is 48.6 Å². The maximum atomic E-state index is 13.9. The Morgan fingerprint density at radius 2 is 1.56 bits per heavy atom. The first-order valence-electron chi connectivity index (χ1n) is 20.9. The van der Waals surface area contributed by atoms with Crippen molar-refractivity contribution in [3.63, 3.8) is 0 Å². The van der Waals surface area contributed by atoms with Gasteiger partial charge < -0.3 is 31.8 Å². The molecular formula is C42H54N16O5. The SMILES string of the molecule is CCn1nc(C)cc1C(=O)Nc1nc2cc(C=O)cnc2n1C/C=C/Cn1c(NC(=O)c2c(N)c(C)nn2CC)nc2cc(C(N)=O)cc(OCCN3CC4CNC[C@H]4C3)c21.CN. The number of aldehydes is 1. The molecule has 0 spiro atoms. The van der Waals surface area contributed by atoms with E-state index in [1.807, 2.05) is 32.9 Å². The van der Waals surface area contributed by atoms with Gasteiger partial charge in [-0.15, -0.1) is 0 Å². The molecule has 21 nitrogen and oxygen atoms in total. The van der Waals surface area contributed by atoms with Gasteiger partial charge in [0.25, 0.3) is 11.8 Å². The number of fused-ring (bicyclic) bond motifs is 3. The highest BCUT2D eigenvalue weighted by molar-refractivity contribution is 6.07. The normalized spacial score (nSPS) is 16.1. The number of benzene rings is 1. The number of hydrogen-bond donors (Lipinski definition) is 6. The van der Waals surface area contributed by atoms with Crippen molar-refractivity contribution in [2.24, 2.45) is 23.3 Å². The second kappa shape index (κ2) is 19.0. The molecule has 2 fully saturated rings. The molecule has 0 aliphatic carbocycles. The lowest BCUT2D eigenvalue weighted by atomic mass is 10.0. The smallest absolute Gasteiger partial charge is 0.278 e. The number of allylic oxidation sites excluding steroid dienone is 2. The molecule has 7 heterocycles. The molecule has 0 radical (unpaired) electrons. The molecule has 8 rings (SSSR count). The van der Waals surface area contributed by atoms with Crippen molar-refractivity contribution in [3.8, 4) is 5.75 Å². The molecule has 63 heavy (non-hydrogen) atoms. The maximum Gasteiger partial charge on any atom is 0.278 e. The molecule has 9 N–H and O–H groups in total. The van der Waals surface area contributed by atoms with Crippen molar-refractivity contribution in [1.29, 1.82) is 0 Å². The lowest BCUT2D eigenvalue weighted by Crippen LogP contribution is -2.29. The average Bonchev–Trinajstić information content (AvgIpc) is 4.13. The average molecular weight is 863 g/mol. The van der Waals surface area contributed by atoms with Crippen molar-refractivity contribution in [3.05, 3.63) is 76.5 Å². The Morgan fingerprint density at radius 3 is 2.24 bits per heavy atom. The predicted molar refractivity (Wildman–Crippen MR) is 238 cm³/mol. The third kappa shape index (κ3) is 9.01. The van der Waals surface area contributed by atoms with Crippen LogP contribution in [0.3, 0.4) is 0 Å². The van der Waals surface area contributed by atoms with Gasteiger partial charge in [-0.1, -0.05) is 12.2 Å². The van der Waals surface area contributed by atoms with Crippen LogP contribution < -0.4 is 37.9 Å². The van der Waals surface area contributed by atoms with E-state index in [0.717, 1.165) is 26.2 Å². The lowest BCUT2D eigenvalue weighted by molar-refractivity contribution is 0.0994. The number of nitrogens with one attached hydrogen (secondary N) is 3. The molecule has 332 valence electrons. The third-order valence-electron chi connectivity index (χ3n) is 11.3. The molecule has 21 heteroatoms. The summed E-state index contributed by atoms with van der Waals surface area (Å²) in [6.07, 6.45) is 5.84. The molecule has 1 aromatic carbocycles. The largest absolute Gasteiger partial charge is 0.490 e. The number of ether oxygens (including phenoxy) is 1. The number of primary amides is 1. The van der Waals surface area contributed by atoms with E-state index in [4.69, 9.17) is 21.2 Å². The molecule has 2 aliphatic heterocycles. The molecule has 2 aliphatic rings. The summed E-state index contributed by atoms with van der Waals surface area (Å²) in [7, 11) is 1.50. The number of aryl methyl sites for hydroxylation is 4. The fourth-order valence-corrected chi connectivity index (χ4v) is 8.25. The monoisotopic (exact) mass is 862 g/mol. The Labute approximate surface area is 363 Å². The van der Waals surface area contributed by atoms with Gasteiger partial charge in [-0.25, -0.2) is 15.0 Å². The summed E-state index contributed by atoms with van der Waals surface area (Å²) in [5.74, 6) is 0.441. The van der Waals surface area contributed by atoms with Crippen LogP contribution in [0.1, 0.15) is 66.9 Å². The van der Waals surface area contributed by atoms with E-state index in [2.05, 4.69) is 46.7 Å². The lowest BCUT2D eigenvalue weighted by Gasteiger charge is -2.18. The Morgan fingerprint density at radius 1 is 0.889 bits per heavy atom. The summed E-state index contributed by atoms with van der Waals surface area (Å²) in [4.78, 5) is 67.9.